The standard InChI is InChI=1S/C12H16F3NO2/c1-8-3-10(5-16)4-9(2)11(8)18-7-17-6-12(13,14)15/h3-4H,5-7,16H2,1-2H3. The molecule has 0 aliphatic heterocycles. The third-order valence-electron chi connectivity index (χ3n) is 2.31. The van der Waals surface area contributed by atoms with E-state index in [1.165, 1.54) is 0 Å². The van der Waals surface area contributed by atoms with E-state index >= 15 is 0 Å². The van der Waals surface area contributed by atoms with Crippen LogP contribution in [0.15, 0.2) is 12.1 Å². The summed E-state index contributed by atoms with van der Waals surface area (Å²) in [5.41, 5.74) is 8.12. The molecule has 0 fully saturated rings. The number of halogens is 3. The molecular formula is C12H16F3NO2. The number of nitrogens with two attached hydrogens (primary N) is 1. The number of aryl methyl sites for hydroxylation is 2. The Morgan fingerprint density at radius 3 is 2.17 bits per heavy atom. The molecule has 1 aromatic carbocycles. The van der Waals surface area contributed by atoms with Gasteiger partial charge in [0.2, 0.25) is 0 Å². The van der Waals surface area contributed by atoms with Crippen LogP contribution >= 0.6 is 0 Å². The van der Waals surface area contributed by atoms with Crippen molar-refractivity contribution in [3.05, 3.63) is 28.8 Å². The molecule has 2 N–H and O–H groups in total. The van der Waals surface area contributed by atoms with Gasteiger partial charge < -0.3 is 15.2 Å². The van der Waals surface area contributed by atoms with Gasteiger partial charge in [0, 0.05) is 6.54 Å². The lowest BCUT2D eigenvalue weighted by atomic mass is 10.1. The molecule has 0 radical (unpaired) electrons. The largest absolute Gasteiger partial charge is 0.467 e. The lowest BCUT2D eigenvalue weighted by Gasteiger charge is -2.14. The number of alkyl halides is 3. The van der Waals surface area contributed by atoms with Crippen LogP contribution in [0.2, 0.25) is 0 Å². The molecular weight excluding hydrogens is 247 g/mol. The minimum absolute atomic E-state index is 0.409. The summed E-state index contributed by atoms with van der Waals surface area (Å²) in [5, 5.41) is 0. The minimum atomic E-state index is -4.34. The second-order valence-electron chi connectivity index (χ2n) is 3.99. The van der Waals surface area contributed by atoms with Crippen LogP contribution in [0, 0.1) is 13.8 Å². The SMILES string of the molecule is Cc1cc(CN)cc(C)c1OCOCC(F)(F)F. The maximum Gasteiger partial charge on any atom is 0.411 e. The molecule has 0 amide bonds. The van der Waals surface area contributed by atoms with Crippen LogP contribution in [0.1, 0.15) is 16.7 Å². The second-order valence-corrected chi connectivity index (χ2v) is 3.99. The van der Waals surface area contributed by atoms with E-state index in [-0.39, 0.29) is 0 Å². The van der Waals surface area contributed by atoms with Crippen molar-refractivity contribution in [1.29, 1.82) is 0 Å². The van der Waals surface area contributed by atoms with Crippen molar-refractivity contribution in [1.82, 2.24) is 0 Å². The summed E-state index contributed by atoms with van der Waals surface area (Å²) in [6.07, 6.45) is -4.34. The Hall–Kier alpha value is -1.27. The minimum Gasteiger partial charge on any atom is -0.467 e. The second kappa shape index (κ2) is 6.06. The van der Waals surface area contributed by atoms with Crippen molar-refractivity contribution in [3.8, 4) is 5.75 Å². The van der Waals surface area contributed by atoms with Crippen molar-refractivity contribution >= 4 is 0 Å². The molecule has 0 heterocycles. The Bertz CT molecular complexity index is 382. The summed E-state index contributed by atoms with van der Waals surface area (Å²) in [4.78, 5) is 0. The Morgan fingerprint density at radius 2 is 1.72 bits per heavy atom. The van der Waals surface area contributed by atoms with Gasteiger partial charge in [-0.2, -0.15) is 13.2 Å². The van der Waals surface area contributed by atoms with Crippen LogP contribution in [-0.4, -0.2) is 19.6 Å². The van der Waals surface area contributed by atoms with Gasteiger partial charge in [-0.1, -0.05) is 12.1 Å². The Kier molecular flexibility index (Phi) is 4.98. The third-order valence-corrected chi connectivity index (χ3v) is 2.31. The molecule has 102 valence electrons. The first-order chi connectivity index (χ1) is 8.33. The molecule has 6 heteroatoms. The highest BCUT2D eigenvalue weighted by atomic mass is 19.4. The van der Waals surface area contributed by atoms with Crippen molar-refractivity contribution < 1.29 is 22.6 Å². The lowest BCUT2D eigenvalue weighted by molar-refractivity contribution is -0.186. The summed E-state index contributed by atoms with van der Waals surface area (Å²) < 4.78 is 45.1. The highest BCUT2D eigenvalue weighted by molar-refractivity contribution is 5.43. The first-order valence-electron chi connectivity index (χ1n) is 5.41. The van der Waals surface area contributed by atoms with E-state index in [0.717, 1.165) is 16.7 Å². The fourth-order valence-electron chi connectivity index (χ4n) is 1.64. The van der Waals surface area contributed by atoms with Crippen molar-refractivity contribution in [2.24, 2.45) is 5.73 Å². The molecule has 0 saturated heterocycles. The molecule has 0 aliphatic rings. The van der Waals surface area contributed by atoms with Gasteiger partial charge in [-0.05, 0) is 30.5 Å². The van der Waals surface area contributed by atoms with E-state index in [2.05, 4.69) is 4.74 Å². The van der Waals surface area contributed by atoms with E-state index in [0.29, 0.717) is 12.3 Å². The van der Waals surface area contributed by atoms with Crippen molar-refractivity contribution in [2.45, 2.75) is 26.6 Å². The van der Waals surface area contributed by atoms with Gasteiger partial charge in [0.05, 0.1) is 0 Å². The molecule has 0 atom stereocenters. The molecule has 1 rings (SSSR count). The Labute approximate surface area is 104 Å². The maximum atomic E-state index is 11.8. The van der Waals surface area contributed by atoms with Gasteiger partial charge >= 0.3 is 6.18 Å². The van der Waals surface area contributed by atoms with E-state index < -0.39 is 19.6 Å². The zero-order chi connectivity index (χ0) is 13.8. The predicted molar refractivity (Wildman–Crippen MR) is 61.3 cm³/mol. The fourth-order valence-corrected chi connectivity index (χ4v) is 1.64. The molecule has 0 spiro atoms. The van der Waals surface area contributed by atoms with E-state index in [4.69, 9.17) is 10.5 Å². The summed E-state index contributed by atoms with van der Waals surface area (Å²) >= 11 is 0. The molecule has 0 aliphatic carbocycles. The number of hydrogen-bond donors (Lipinski definition) is 1. The molecule has 3 nitrogen and oxygen atoms in total. The van der Waals surface area contributed by atoms with Crippen LogP contribution in [0.25, 0.3) is 0 Å². The fraction of sp³-hybridized carbons (Fsp3) is 0.500. The van der Waals surface area contributed by atoms with Crippen molar-refractivity contribution in [3.63, 3.8) is 0 Å². The van der Waals surface area contributed by atoms with Gasteiger partial charge in [0.1, 0.15) is 12.4 Å². The molecule has 1 aromatic rings. The van der Waals surface area contributed by atoms with Gasteiger partial charge in [-0.25, -0.2) is 0 Å². The smallest absolute Gasteiger partial charge is 0.411 e. The summed E-state index contributed by atoms with van der Waals surface area (Å²) in [6.45, 7) is 2.29. The summed E-state index contributed by atoms with van der Waals surface area (Å²) in [5.74, 6) is 0.536. The van der Waals surface area contributed by atoms with Crippen LogP contribution in [0.5, 0.6) is 5.75 Å². The average molecular weight is 263 g/mol. The van der Waals surface area contributed by atoms with Gasteiger partial charge in [0.15, 0.2) is 6.79 Å². The van der Waals surface area contributed by atoms with E-state index in [9.17, 15) is 13.2 Å². The Balaban J connectivity index is 2.57. The normalized spacial score (nSPS) is 11.7. The van der Waals surface area contributed by atoms with Gasteiger partial charge in [-0.15, -0.1) is 0 Å². The quantitative estimate of drug-likeness (QED) is 0.656. The van der Waals surface area contributed by atoms with E-state index in [1.807, 2.05) is 26.0 Å². The molecule has 0 saturated carbocycles. The molecule has 0 bridgehead atoms. The zero-order valence-electron chi connectivity index (χ0n) is 10.3. The van der Waals surface area contributed by atoms with Gasteiger partial charge in [0.25, 0.3) is 0 Å². The number of ether oxygens (including phenoxy) is 2. The van der Waals surface area contributed by atoms with Crippen LogP contribution in [0.4, 0.5) is 13.2 Å². The lowest BCUT2D eigenvalue weighted by Crippen LogP contribution is -2.19. The van der Waals surface area contributed by atoms with E-state index in [1.54, 1.807) is 0 Å². The monoisotopic (exact) mass is 263 g/mol. The third kappa shape index (κ3) is 4.54. The average Bonchev–Trinajstić information content (AvgIpc) is 2.25. The van der Waals surface area contributed by atoms with Crippen LogP contribution in [0.3, 0.4) is 0 Å². The zero-order valence-corrected chi connectivity index (χ0v) is 10.3. The number of hydrogen-bond acceptors (Lipinski definition) is 3. The molecule has 0 aromatic heterocycles. The molecule has 18 heavy (non-hydrogen) atoms. The summed E-state index contributed by atoms with van der Waals surface area (Å²) in [7, 11) is 0. The summed E-state index contributed by atoms with van der Waals surface area (Å²) in [6, 6.07) is 3.68. The molecule has 0 unspecified atom stereocenters. The highest BCUT2D eigenvalue weighted by Gasteiger charge is 2.27. The first kappa shape index (κ1) is 14.8. The highest BCUT2D eigenvalue weighted by Crippen LogP contribution is 2.25. The Morgan fingerprint density at radius 1 is 1.17 bits per heavy atom. The maximum absolute atomic E-state index is 11.8. The predicted octanol–water partition coefficient (Wildman–Crippen LogP) is 2.68. The van der Waals surface area contributed by atoms with Crippen molar-refractivity contribution in [2.75, 3.05) is 13.4 Å². The topological polar surface area (TPSA) is 44.5 Å². The van der Waals surface area contributed by atoms with Crippen LogP contribution < -0.4 is 10.5 Å². The van der Waals surface area contributed by atoms with Crippen LogP contribution in [-0.2, 0) is 11.3 Å². The first-order valence-corrected chi connectivity index (χ1v) is 5.41. The number of benzene rings is 1. The number of rotatable bonds is 5. The van der Waals surface area contributed by atoms with Gasteiger partial charge in [-0.3, -0.25) is 0 Å².